The summed E-state index contributed by atoms with van der Waals surface area (Å²) in [4.78, 5) is 0. The molecule has 0 amide bonds. The van der Waals surface area contributed by atoms with Crippen molar-refractivity contribution in [3.63, 3.8) is 0 Å². The van der Waals surface area contributed by atoms with Crippen LogP contribution >= 0.6 is 0 Å². The van der Waals surface area contributed by atoms with E-state index in [-0.39, 0.29) is 0 Å². The highest BCUT2D eigenvalue weighted by Gasteiger charge is 1.83. The molecule has 0 aliphatic rings. The maximum Gasteiger partial charge on any atom is 0.0900 e. The molecule has 31 valence electrons. The van der Waals surface area contributed by atoms with Gasteiger partial charge in [-0.1, -0.05) is 6.92 Å². The van der Waals surface area contributed by atoms with Crippen LogP contribution in [-0.4, -0.2) is 5.11 Å². The Kier molecular flexibility index (Phi) is 2.19. The van der Waals surface area contributed by atoms with Crippen molar-refractivity contribution in [2.45, 2.75) is 20.3 Å². The van der Waals surface area contributed by atoms with E-state index in [4.69, 9.17) is 5.11 Å². The molecule has 0 atom stereocenters. The van der Waals surface area contributed by atoms with Gasteiger partial charge in [0.2, 0.25) is 0 Å². The van der Waals surface area contributed by atoms with Gasteiger partial charge >= 0.3 is 0 Å². The molecule has 0 rings (SSSR count). The van der Waals surface area contributed by atoms with Gasteiger partial charge in [-0.2, -0.15) is 0 Å². The standard InChI is InChI=1S/C4H9O/c1-3-4(2)5/h5H,3H2,1-2H3. The Hall–Kier alpha value is -0.0400. The number of rotatable bonds is 1. The van der Waals surface area contributed by atoms with E-state index in [9.17, 15) is 0 Å². The van der Waals surface area contributed by atoms with Crippen LogP contribution in [0.25, 0.3) is 0 Å². The molecule has 5 heavy (non-hydrogen) atoms. The van der Waals surface area contributed by atoms with Gasteiger partial charge in [-0.05, 0) is 13.3 Å². The summed E-state index contributed by atoms with van der Waals surface area (Å²) in [5.41, 5.74) is 0. The molecule has 0 aromatic carbocycles. The van der Waals surface area contributed by atoms with Crippen molar-refractivity contribution >= 4 is 0 Å². The summed E-state index contributed by atoms with van der Waals surface area (Å²) in [7, 11) is 0. The third-order valence-electron chi connectivity index (χ3n) is 0.512. The number of aliphatic hydroxyl groups is 1. The normalized spacial score (nSPS) is 9.60. The van der Waals surface area contributed by atoms with Gasteiger partial charge in [0.15, 0.2) is 0 Å². The summed E-state index contributed by atoms with van der Waals surface area (Å²) < 4.78 is 0. The molecule has 1 nitrogen and oxygen atoms in total. The summed E-state index contributed by atoms with van der Waals surface area (Å²) in [5.74, 6) is 0. The second-order valence-corrected chi connectivity index (χ2v) is 1.09. The van der Waals surface area contributed by atoms with Crippen molar-refractivity contribution in [2.75, 3.05) is 0 Å². The average molecular weight is 73.1 g/mol. The van der Waals surface area contributed by atoms with Crippen LogP contribution in [0.1, 0.15) is 20.3 Å². The van der Waals surface area contributed by atoms with E-state index < -0.39 is 0 Å². The van der Waals surface area contributed by atoms with Crippen molar-refractivity contribution in [2.24, 2.45) is 0 Å². The average Bonchev–Trinajstić information content (AvgIpc) is 1.38. The number of aliphatic hydroxyl groups excluding tert-OH is 1. The van der Waals surface area contributed by atoms with Gasteiger partial charge in [-0.25, -0.2) is 0 Å². The molecule has 0 aliphatic heterocycles. The van der Waals surface area contributed by atoms with E-state index in [0.717, 1.165) is 6.42 Å². The topological polar surface area (TPSA) is 20.2 Å². The third kappa shape index (κ3) is 3.96. The second-order valence-electron chi connectivity index (χ2n) is 1.09. The summed E-state index contributed by atoms with van der Waals surface area (Å²) >= 11 is 0. The van der Waals surface area contributed by atoms with Crippen molar-refractivity contribution in [3.8, 4) is 0 Å². The molecule has 0 fully saturated rings. The zero-order valence-corrected chi connectivity index (χ0v) is 3.65. The van der Waals surface area contributed by atoms with Gasteiger partial charge in [0.25, 0.3) is 0 Å². The Morgan fingerprint density at radius 3 is 2.00 bits per heavy atom. The van der Waals surface area contributed by atoms with Gasteiger partial charge in [0, 0.05) is 0 Å². The van der Waals surface area contributed by atoms with E-state index >= 15 is 0 Å². The van der Waals surface area contributed by atoms with Crippen LogP contribution in [0.3, 0.4) is 0 Å². The molecule has 1 radical (unpaired) electrons. The third-order valence-corrected chi connectivity index (χ3v) is 0.512. The molecule has 0 aliphatic carbocycles. The van der Waals surface area contributed by atoms with Crippen LogP contribution in [0, 0.1) is 6.10 Å². The molecular formula is C4H9O. The van der Waals surface area contributed by atoms with Gasteiger partial charge in [-0.3, -0.25) is 0 Å². The highest BCUT2D eigenvalue weighted by atomic mass is 16.3. The zero-order valence-electron chi connectivity index (χ0n) is 3.65. The SMILES string of the molecule is CC[C](C)O. The van der Waals surface area contributed by atoms with Crippen molar-refractivity contribution in [1.82, 2.24) is 0 Å². The fraction of sp³-hybridized carbons (Fsp3) is 0.750. The first kappa shape index (κ1) is 4.96. The molecule has 1 N–H and O–H groups in total. The van der Waals surface area contributed by atoms with Crippen LogP contribution in [0.4, 0.5) is 0 Å². The van der Waals surface area contributed by atoms with Crippen LogP contribution in [0.5, 0.6) is 0 Å². The minimum absolute atomic E-state index is 0.505. The van der Waals surface area contributed by atoms with E-state index in [0.29, 0.717) is 6.10 Å². The Balaban J connectivity index is 2.54. The molecular weight excluding hydrogens is 64.0 g/mol. The number of hydrogen-bond donors (Lipinski definition) is 1. The minimum atomic E-state index is 0.505. The smallest absolute Gasteiger partial charge is 0.0900 e. The highest BCUT2D eigenvalue weighted by molar-refractivity contribution is 4.60. The highest BCUT2D eigenvalue weighted by Crippen LogP contribution is 1.92. The molecule has 0 saturated carbocycles. The monoisotopic (exact) mass is 73.1 g/mol. The maximum atomic E-state index is 8.28. The fourth-order valence-corrected chi connectivity index (χ4v) is 0. The van der Waals surface area contributed by atoms with Crippen LogP contribution in [0.15, 0.2) is 0 Å². The van der Waals surface area contributed by atoms with Crippen LogP contribution in [-0.2, 0) is 0 Å². The van der Waals surface area contributed by atoms with Crippen LogP contribution in [0.2, 0.25) is 0 Å². The Morgan fingerprint density at radius 2 is 2.00 bits per heavy atom. The predicted octanol–water partition coefficient (Wildman–Crippen LogP) is 1.32. The van der Waals surface area contributed by atoms with Crippen LogP contribution < -0.4 is 0 Å². The minimum Gasteiger partial charge on any atom is -0.387 e. The predicted molar refractivity (Wildman–Crippen MR) is 21.1 cm³/mol. The molecule has 0 aromatic rings. The zero-order chi connectivity index (χ0) is 4.28. The van der Waals surface area contributed by atoms with E-state index in [1.807, 2.05) is 6.92 Å². The van der Waals surface area contributed by atoms with Gasteiger partial charge < -0.3 is 5.11 Å². The van der Waals surface area contributed by atoms with Crippen molar-refractivity contribution in [1.29, 1.82) is 0 Å². The Bertz CT molecular complexity index is 17.6. The second kappa shape index (κ2) is 2.21. The van der Waals surface area contributed by atoms with Crippen molar-refractivity contribution < 1.29 is 5.11 Å². The molecule has 0 bridgehead atoms. The Labute approximate surface area is 32.6 Å². The Morgan fingerprint density at radius 1 is 1.80 bits per heavy atom. The summed E-state index contributed by atoms with van der Waals surface area (Å²) in [5, 5.41) is 8.28. The lowest BCUT2D eigenvalue weighted by molar-refractivity contribution is 0.302. The largest absolute Gasteiger partial charge is 0.387 e. The number of hydrogen-bond acceptors (Lipinski definition) is 1. The van der Waals surface area contributed by atoms with E-state index in [1.54, 1.807) is 6.92 Å². The lowest BCUT2D eigenvalue weighted by Crippen LogP contribution is -1.80. The van der Waals surface area contributed by atoms with Gasteiger partial charge in [0.1, 0.15) is 0 Å². The molecule has 0 spiro atoms. The quantitative estimate of drug-likeness (QED) is 0.496. The molecule has 0 heterocycles. The van der Waals surface area contributed by atoms with Gasteiger partial charge in [-0.15, -0.1) is 0 Å². The first-order chi connectivity index (χ1) is 2.27. The summed E-state index contributed by atoms with van der Waals surface area (Å²) in [6, 6.07) is 0. The molecule has 1 heteroatoms. The molecule has 0 aromatic heterocycles. The summed E-state index contributed by atoms with van der Waals surface area (Å²) in [6.45, 7) is 3.61. The van der Waals surface area contributed by atoms with E-state index in [2.05, 4.69) is 0 Å². The fourth-order valence-electron chi connectivity index (χ4n) is 0. The molecule has 0 saturated heterocycles. The first-order valence-corrected chi connectivity index (χ1v) is 1.78. The lowest BCUT2D eigenvalue weighted by atomic mass is 10.3. The first-order valence-electron chi connectivity index (χ1n) is 1.78. The van der Waals surface area contributed by atoms with E-state index in [1.165, 1.54) is 0 Å². The lowest BCUT2D eigenvalue weighted by Gasteiger charge is -1.88. The van der Waals surface area contributed by atoms with Gasteiger partial charge in [0.05, 0.1) is 6.10 Å². The summed E-state index contributed by atoms with van der Waals surface area (Å²) in [6.07, 6.45) is 1.28. The maximum absolute atomic E-state index is 8.28. The van der Waals surface area contributed by atoms with Crippen molar-refractivity contribution in [3.05, 3.63) is 6.10 Å². The molecule has 0 unspecified atom stereocenters.